The minimum Gasteiger partial charge on any atom is -0.294 e. The molecular weight excluding hydrogens is 384 g/mol. The molecule has 0 radical (unpaired) electrons. The van der Waals surface area contributed by atoms with Crippen LogP contribution in [-0.2, 0) is 16.4 Å². The van der Waals surface area contributed by atoms with Gasteiger partial charge in [-0.3, -0.25) is 9.36 Å². The highest BCUT2D eigenvalue weighted by Crippen LogP contribution is 2.23. The van der Waals surface area contributed by atoms with Crippen LogP contribution in [0.15, 0.2) is 59.0 Å². The van der Waals surface area contributed by atoms with Gasteiger partial charge < -0.3 is 0 Å². The Labute approximate surface area is 162 Å². The van der Waals surface area contributed by atoms with Crippen molar-refractivity contribution in [3.8, 4) is 0 Å². The van der Waals surface area contributed by atoms with E-state index in [0.29, 0.717) is 21.5 Å². The maximum atomic E-state index is 12.9. The topological polar surface area (TPSA) is 69.0 Å². The Hall–Kier alpha value is -2.44. The number of allylic oxidation sites excluding steroid dienone is 1. The molecule has 3 rings (SSSR count). The van der Waals surface area contributed by atoms with Gasteiger partial charge in [0.2, 0.25) is 0 Å². The summed E-state index contributed by atoms with van der Waals surface area (Å²) < 4.78 is 26.2. The molecule has 0 saturated carbocycles. The number of halogens is 1. The van der Waals surface area contributed by atoms with E-state index in [0.717, 1.165) is 11.1 Å². The molecule has 0 saturated heterocycles. The Bertz CT molecular complexity index is 1210. The molecule has 0 unspecified atom stereocenters. The van der Waals surface area contributed by atoms with Crippen molar-refractivity contribution in [1.82, 2.24) is 9.55 Å². The molecule has 0 spiro atoms. The Morgan fingerprint density at radius 1 is 1.22 bits per heavy atom. The molecule has 0 aliphatic heterocycles. The third kappa shape index (κ3) is 3.82. The van der Waals surface area contributed by atoms with Crippen LogP contribution >= 0.6 is 11.6 Å². The van der Waals surface area contributed by atoms with E-state index in [9.17, 15) is 13.2 Å². The summed E-state index contributed by atoms with van der Waals surface area (Å²) in [5.74, 6) is -0.0333. The van der Waals surface area contributed by atoms with Gasteiger partial charge in [0.1, 0.15) is 0 Å². The Morgan fingerprint density at radius 3 is 2.63 bits per heavy atom. The van der Waals surface area contributed by atoms with Crippen LogP contribution in [0.25, 0.3) is 16.5 Å². The molecule has 0 bridgehead atoms. The van der Waals surface area contributed by atoms with Crippen LogP contribution in [0.1, 0.15) is 25.0 Å². The standard InChI is InChI=1S/C20H19ClN2O3S/c1-4-27(25,26)19-8-6-16(21)9-15(19)11-23-12-22-18-7-5-14(13(2)3)10-17(18)20(23)24/h5-10,12H,2,4,11H2,1,3H3. The van der Waals surface area contributed by atoms with E-state index in [2.05, 4.69) is 11.6 Å². The lowest BCUT2D eigenvalue weighted by Gasteiger charge is -2.12. The first-order valence-electron chi connectivity index (χ1n) is 8.39. The summed E-state index contributed by atoms with van der Waals surface area (Å²) in [7, 11) is -3.45. The average molecular weight is 403 g/mol. The number of sulfone groups is 1. The summed E-state index contributed by atoms with van der Waals surface area (Å²) in [5.41, 5.74) is 2.49. The molecule has 3 aromatic rings. The van der Waals surface area contributed by atoms with E-state index in [-0.39, 0.29) is 22.8 Å². The molecule has 1 heterocycles. The summed E-state index contributed by atoms with van der Waals surface area (Å²) in [4.78, 5) is 17.4. The molecule has 0 aliphatic rings. The molecule has 2 aromatic carbocycles. The van der Waals surface area contributed by atoms with Gasteiger partial charge in [-0.05, 0) is 48.4 Å². The maximum absolute atomic E-state index is 12.9. The van der Waals surface area contributed by atoms with Crippen molar-refractivity contribution in [2.75, 3.05) is 5.75 Å². The van der Waals surface area contributed by atoms with Crippen molar-refractivity contribution in [1.29, 1.82) is 0 Å². The fraction of sp³-hybridized carbons (Fsp3) is 0.200. The van der Waals surface area contributed by atoms with Crippen molar-refractivity contribution in [2.45, 2.75) is 25.3 Å². The number of hydrogen-bond donors (Lipinski definition) is 0. The van der Waals surface area contributed by atoms with Crippen LogP contribution in [0.2, 0.25) is 5.02 Å². The second-order valence-electron chi connectivity index (χ2n) is 6.35. The lowest BCUT2D eigenvalue weighted by molar-refractivity contribution is 0.595. The first-order chi connectivity index (χ1) is 12.7. The van der Waals surface area contributed by atoms with Crippen LogP contribution in [0.4, 0.5) is 0 Å². The zero-order valence-corrected chi connectivity index (χ0v) is 16.6. The molecule has 0 atom stereocenters. The predicted molar refractivity (Wildman–Crippen MR) is 109 cm³/mol. The number of nitrogens with zero attached hydrogens (tertiary/aromatic N) is 2. The zero-order valence-electron chi connectivity index (χ0n) is 15.1. The number of rotatable bonds is 5. The molecule has 5 nitrogen and oxygen atoms in total. The Morgan fingerprint density at radius 2 is 1.96 bits per heavy atom. The summed E-state index contributed by atoms with van der Waals surface area (Å²) >= 11 is 6.06. The van der Waals surface area contributed by atoms with Gasteiger partial charge >= 0.3 is 0 Å². The van der Waals surface area contributed by atoms with Crippen molar-refractivity contribution in [2.24, 2.45) is 0 Å². The van der Waals surface area contributed by atoms with E-state index in [1.54, 1.807) is 25.1 Å². The molecule has 140 valence electrons. The van der Waals surface area contributed by atoms with Gasteiger partial charge in [0, 0.05) is 5.02 Å². The van der Waals surface area contributed by atoms with Crippen LogP contribution in [0, 0.1) is 0 Å². The Balaban J connectivity index is 2.15. The SMILES string of the molecule is C=C(C)c1ccc2ncn(Cc3cc(Cl)ccc3S(=O)(=O)CC)c(=O)c2c1. The van der Waals surface area contributed by atoms with Crippen molar-refractivity contribution < 1.29 is 8.42 Å². The van der Waals surface area contributed by atoms with Gasteiger partial charge in [-0.15, -0.1) is 0 Å². The smallest absolute Gasteiger partial charge is 0.261 e. The molecule has 1 aromatic heterocycles. The average Bonchev–Trinajstić information content (AvgIpc) is 2.63. The van der Waals surface area contributed by atoms with Gasteiger partial charge in [0.05, 0.1) is 34.4 Å². The molecule has 0 aliphatic carbocycles. The first-order valence-corrected chi connectivity index (χ1v) is 10.4. The maximum Gasteiger partial charge on any atom is 0.261 e. The van der Waals surface area contributed by atoms with E-state index < -0.39 is 9.84 Å². The molecule has 0 amide bonds. The minimum absolute atomic E-state index is 0.0333. The highest BCUT2D eigenvalue weighted by molar-refractivity contribution is 7.91. The predicted octanol–water partition coefficient (Wildman–Crippen LogP) is 3.92. The van der Waals surface area contributed by atoms with Crippen molar-refractivity contribution >= 4 is 37.9 Å². The molecular formula is C20H19ClN2O3S. The Kier molecular flexibility index (Phi) is 5.22. The second kappa shape index (κ2) is 7.29. The number of benzene rings is 2. The molecule has 7 heteroatoms. The highest BCUT2D eigenvalue weighted by atomic mass is 35.5. The van der Waals surface area contributed by atoms with Crippen LogP contribution < -0.4 is 5.56 Å². The lowest BCUT2D eigenvalue weighted by atomic mass is 10.1. The third-order valence-corrected chi connectivity index (χ3v) is 6.46. The normalized spacial score (nSPS) is 11.7. The summed E-state index contributed by atoms with van der Waals surface area (Å²) in [6, 6.07) is 9.99. The quantitative estimate of drug-likeness (QED) is 0.648. The number of fused-ring (bicyclic) bond motifs is 1. The first kappa shape index (κ1) is 19.3. The highest BCUT2D eigenvalue weighted by Gasteiger charge is 2.18. The van der Waals surface area contributed by atoms with E-state index >= 15 is 0 Å². The largest absolute Gasteiger partial charge is 0.294 e. The third-order valence-electron chi connectivity index (χ3n) is 4.40. The van der Waals surface area contributed by atoms with Crippen molar-refractivity contribution in [3.63, 3.8) is 0 Å². The number of aromatic nitrogens is 2. The second-order valence-corrected chi connectivity index (χ2v) is 9.03. The van der Waals surface area contributed by atoms with Gasteiger partial charge in [-0.2, -0.15) is 0 Å². The van der Waals surface area contributed by atoms with Gasteiger partial charge in [0.25, 0.3) is 5.56 Å². The van der Waals surface area contributed by atoms with Gasteiger partial charge in [0.15, 0.2) is 9.84 Å². The monoisotopic (exact) mass is 402 g/mol. The van der Waals surface area contributed by atoms with E-state index in [1.807, 2.05) is 13.0 Å². The van der Waals surface area contributed by atoms with Crippen molar-refractivity contribution in [3.05, 3.63) is 75.8 Å². The van der Waals surface area contributed by atoms with Gasteiger partial charge in [-0.25, -0.2) is 13.4 Å². The van der Waals surface area contributed by atoms with E-state index in [4.69, 9.17) is 11.6 Å². The van der Waals surface area contributed by atoms with Crippen LogP contribution in [0.3, 0.4) is 0 Å². The lowest BCUT2D eigenvalue weighted by Crippen LogP contribution is -2.22. The fourth-order valence-electron chi connectivity index (χ4n) is 2.85. The van der Waals surface area contributed by atoms with E-state index in [1.165, 1.54) is 23.0 Å². The molecule has 0 fully saturated rings. The number of hydrogen-bond acceptors (Lipinski definition) is 4. The minimum atomic E-state index is -3.45. The molecule has 27 heavy (non-hydrogen) atoms. The fourth-order valence-corrected chi connectivity index (χ4v) is 4.16. The van der Waals surface area contributed by atoms with Crippen LogP contribution in [0.5, 0.6) is 0 Å². The zero-order chi connectivity index (χ0) is 19.8. The van der Waals surface area contributed by atoms with Crippen LogP contribution in [-0.4, -0.2) is 23.7 Å². The summed E-state index contributed by atoms with van der Waals surface area (Å²) in [6.45, 7) is 7.41. The summed E-state index contributed by atoms with van der Waals surface area (Å²) in [5, 5.41) is 0.867. The summed E-state index contributed by atoms with van der Waals surface area (Å²) in [6.07, 6.45) is 1.42. The molecule has 0 N–H and O–H groups in total. The van der Waals surface area contributed by atoms with Gasteiger partial charge in [-0.1, -0.05) is 36.7 Å².